The molecule has 128 valence electrons. The average Bonchev–Trinajstić information content (AvgIpc) is 3.45. The fourth-order valence-electron chi connectivity index (χ4n) is 2.78. The molecule has 1 aromatic heterocycles. The van der Waals surface area contributed by atoms with Gasteiger partial charge in [-0.05, 0) is 49.9 Å². The van der Waals surface area contributed by atoms with Gasteiger partial charge in [-0.15, -0.1) is 0 Å². The van der Waals surface area contributed by atoms with Crippen LogP contribution in [0, 0.1) is 0 Å². The predicted octanol–water partition coefficient (Wildman–Crippen LogP) is 3.01. The van der Waals surface area contributed by atoms with Crippen LogP contribution in [0.4, 0.5) is 0 Å². The monoisotopic (exact) mass is 328 g/mol. The molecule has 1 amide bonds. The lowest BCUT2D eigenvalue weighted by Crippen LogP contribution is -2.27. The number of aromatic nitrogens is 1. The summed E-state index contributed by atoms with van der Waals surface area (Å²) in [4.78, 5) is 17.4. The normalized spacial score (nSPS) is 15.3. The molecule has 1 unspecified atom stereocenters. The van der Waals surface area contributed by atoms with Crippen LogP contribution < -0.4 is 10.1 Å². The van der Waals surface area contributed by atoms with Gasteiger partial charge in [-0.3, -0.25) is 9.78 Å². The summed E-state index contributed by atoms with van der Waals surface area (Å²) in [7, 11) is 1.61. The van der Waals surface area contributed by atoms with E-state index < -0.39 is 0 Å². The Balaban J connectivity index is 1.89. The zero-order chi connectivity index (χ0) is 17.1. The van der Waals surface area contributed by atoms with Gasteiger partial charge in [-0.1, -0.05) is 6.92 Å². The van der Waals surface area contributed by atoms with Crippen LogP contribution in [0.3, 0.4) is 0 Å². The number of ether oxygens (including phenoxy) is 1. The van der Waals surface area contributed by atoms with Crippen LogP contribution in [-0.4, -0.2) is 35.8 Å². The maximum atomic E-state index is 12.7. The molecule has 0 spiro atoms. The Morgan fingerprint density at radius 2 is 2.21 bits per heavy atom. The van der Waals surface area contributed by atoms with Gasteiger partial charge in [0.25, 0.3) is 5.91 Å². The van der Waals surface area contributed by atoms with Crippen LogP contribution >= 0.6 is 0 Å². The Morgan fingerprint density at radius 1 is 1.42 bits per heavy atom. The van der Waals surface area contributed by atoms with E-state index in [1.807, 2.05) is 31.2 Å². The van der Waals surface area contributed by atoms with Crippen LogP contribution in [-0.2, 0) is 0 Å². The van der Waals surface area contributed by atoms with Gasteiger partial charge in [0.15, 0.2) is 0 Å². The lowest BCUT2D eigenvalue weighted by molar-refractivity contribution is 0.0943. The van der Waals surface area contributed by atoms with E-state index in [-0.39, 0.29) is 12.0 Å². The SMILES string of the molecule is CCC(O)CCNC(=O)c1cc(C2CC2)nc2ccc(OC)cc12. The van der Waals surface area contributed by atoms with E-state index in [1.165, 1.54) is 0 Å². The van der Waals surface area contributed by atoms with E-state index >= 15 is 0 Å². The van der Waals surface area contributed by atoms with Gasteiger partial charge in [0.2, 0.25) is 0 Å². The van der Waals surface area contributed by atoms with Crippen molar-refractivity contribution in [1.29, 1.82) is 0 Å². The van der Waals surface area contributed by atoms with Gasteiger partial charge in [0, 0.05) is 23.5 Å². The Bertz CT molecular complexity index is 741. The second kappa shape index (κ2) is 7.18. The van der Waals surface area contributed by atoms with E-state index in [0.29, 0.717) is 36.6 Å². The first-order valence-electron chi connectivity index (χ1n) is 8.57. The van der Waals surface area contributed by atoms with Gasteiger partial charge in [0.05, 0.1) is 24.3 Å². The zero-order valence-corrected chi connectivity index (χ0v) is 14.2. The second-order valence-corrected chi connectivity index (χ2v) is 6.36. The average molecular weight is 328 g/mol. The summed E-state index contributed by atoms with van der Waals surface area (Å²) in [6, 6.07) is 7.53. The molecular formula is C19H24N2O3. The molecule has 0 saturated heterocycles. The van der Waals surface area contributed by atoms with Gasteiger partial charge in [-0.2, -0.15) is 0 Å². The minimum absolute atomic E-state index is 0.124. The fraction of sp³-hybridized carbons (Fsp3) is 0.474. The van der Waals surface area contributed by atoms with Crippen molar-refractivity contribution in [3.05, 3.63) is 35.5 Å². The summed E-state index contributed by atoms with van der Waals surface area (Å²) in [5.74, 6) is 1.06. The molecule has 24 heavy (non-hydrogen) atoms. The van der Waals surface area contributed by atoms with Gasteiger partial charge < -0.3 is 15.2 Å². The van der Waals surface area contributed by atoms with Crippen molar-refractivity contribution in [2.45, 2.75) is 44.6 Å². The number of benzene rings is 1. The molecule has 1 fully saturated rings. The molecule has 0 radical (unpaired) electrons. The summed E-state index contributed by atoms with van der Waals surface area (Å²) in [5.41, 5.74) is 2.44. The Hall–Kier alpha value is -2.14. The highest BCUT2D eigenvalue weighted by Crippen LogP contribution is 2.40. The Labute approximate surface area is 142 Å². The molecule has 1 heterocycles. The van der Waals surface area contributed by atoms with Crippen LogP contribution in [0.5, 0.6) is 5.75 Å². The number of carbonyl (C=O) groups is 1. The summed E-state index contributed by atoms with van der Waals surface area (Å²) in [5, 5.41) is 13.3. The molecule has 2 N–H and O–H groups in total. The van der Waals surface area contributed by atoms with Crippen molar-refractivity contribution in [2.75, 3.05) is 13.7 Å². The zero-order valence-electron chi connectivity index (χ0n) is 14.2. The number of aliphatic hydroxyl groups is 1. The third kappa shape index (κ3) is 3.67. The minimum atomic E-state index is -0.374. The molecule has 1 atom stereocenters. The molecule has 1 aliphatic rings. The van der Waals surface area contributed by atoms with E-state index in [2.05, 4.69) is 5.32 Å². The number of methoxy groups -OCH3 is 1. The first-order chi connectivity index (χ1) is 11.6. The van der Waals surface area contributed by atoms with E-state index in [9.17, 15) is 9.90 Å². The van der Waals surface area contributed by atoms with Crippen molar-refractivity contribution < 1.29 is 14.6 Å². The molecule has 0 bridgehead atoms. The first kappa shape index (κ1) is 16.7. The van der Waals surface area contributed by atoms with Crippen molar-refractivity contribution >= 4 is 16.8 Å². The molecule has 5 heteroatoms. The van der Waals surface area contributed by atoms with E-state index in [1.54, 1.807) is 7.11 Å². The molecule has 1 saturated carbocycles. The maximum Gasteiger partial charge on any atom is 0.252 e. The molecule has 1 aliphatic carbocycles. The molecule has 3 rings (SSSR count). The van der Waals surface area contributed by atoms with E-state index in [0.717, 1.165) is 29.4 Å². The minimum Gasteiger partial charge on any atom is -0.497 e. The van der Waals surface area contributed by atoms with Gasteiger partial charge >= 0.3 is 0 Å². The molecule has 5 nitrogen and oxygen atoms in total. The quantitative estimate of drug-likeness (QED) is 0.819. The fourth-order valence-corrected chi connectivity index (χ4v) is 2.78. The molecular weight excluding hydrogens is 304 g/mol. The third-order valence-electron chi connectivity index (χ3n) is 4.51. The standard InChI is InChI=1S/C19H24N2O3/c1-3-13(22)8-9-20-19(23)16-11-18(12-4-5-12)21-17-7-6-14(24-2)10-15(16)17/h6-7,10-13,22H,3-5,8-9H2,1-2H3,(H,20,23). The van der Waals surface area contributed by atoms with Crippen LogP contribution in [0.2, 0.25) is 0 Å². The smallest absolute Gasteiger partial charge is 0.252 e. The van der Waals surface area contributed by atoms with Crippen molar-refractivity contribution in [2.24, 2.45) is 0 Å². The van der Waals surface area contributed by atoms with Gasteiger partial charge in [0.1, 0.15) is 5.75 Å². The number of fused-ring (bicyclic) bond motifs is 1. The van der Waals surface area contributed by atoms with Crippen molar-refractivity contribution in [3.63, 3.8) is 0 Å². The Kier molecular flexibility index (Phi) is 5.00. The summed E-state index contributed by atoms with van der Waals surface area (Å²) in [6.07, 6.45) is 3.15. The number of nitrogens with one attached hydrogen (secondary N) is 1. The molecule has 0 aliphatic heterocycles. The van der Waals surface area contributed by atoms with E-state index in [4.69, 9.17) is 9.72 Å². The number of hydrogen-bond acceptors (Lipinski definition) is 4. The number of pyridine rings is 1. The van der Waals surface area contributed by atoms with Crippen molar-refractivity contribution in [1.82, 2.24) is 10.3 Å². The lowest BCUT2D eigenvalue weighted by atomic mass is 10.0. The lowest BCUT2D eigenvalue weighted by Gasteiger charge is -2.12. The number of rotatable bonds is 7. The number of hydrogen-bond donors (Lipinski definition) is 2. The van der Waals surface area contributed by atoms with Crippen LogP contribution in [0.1, 0.15) is 54.6 Å². The number of amides is 1. The topological polar surface area (TPSA) is 71.5 Å². The van der Waals surface area contributed by atoms with Crippen LogP contribution in [0.15, 0.2) is 24.3 Å². The first-order valence-corrected chi connectivity index (χ1v) is 8.57. The molecule has 1 aromatic carbocycles. The predicted molar refractivity (Wildman–Crippen MR) is 93.5 cm³/mol. The summed E-state index contributed by atoms with van der Waals surface area (Å²) in [6.45, 7) is 2.39. The summed E-state index contributed by atoms with van der Waals surface area (Å²) < 4.78 is 5.28. The third-order valence-corrected chi connectivity index (χ3v) is 4.51. The highest BCUT2D eigenvalue weighted by Gasteiger charge is 2.27. The van der Waals surface area contributed by atoms with Crippen molar-refractivity contribution in [3.8, 4) is 5.75 Å². The maximum absolute atomic E-state index is 12.7. The Morgan fingerprint density at radius 3 is 2.88 bits per heavy atom. The largest absolute Gasteiger partial charge is 0.497 e. The second-order valence-electron chi connectivity index (χ2n) is 6.36. The summed E-state index contributed by atoms with van der Waals surface area (Å²) >= 11 is 0. The molecule has 2 aromatic rings. The van der Waals surface area contributed by atoms with Gasteiger partial charge in [-0.25, -0.2) is 0 Å². The number of carbonyl (C=O) groups excluding carboxylic acids is 1. The van der Waals surface area contributed by atoms with Crippen LogP contribution in [0.25, 0.3) is 10.9 Å². The highest BCUT2D eigenvalue weighted by atomic mass is 16.5. The number of aliphatic hydroxyl groups excluding tert-OH is 1. The number of nitrogens with zero attached hydrogens (tertiary/aromatic N) is 1. The highest BCUT2D eigenvalue weighted by molar-refractivity contribution is 6.06.